The molecular formula is C6H18Cl6Si5. The van der Waals surface area contributed by atoms with E-state index in [0.29, 0.717) is 0 Å². The Morgan fingerprint density at radius 1 is 0.529 bits per heavy atom. The van der Waals surface area contributed by atoms with E-state index in [1.54, 1.807) is 0 Å². The molecule has 0 amide bonds. The van der Waals surface area contributed by atoms with E-state index in [4.69, 9.17) is 66.5 Å². The molecule has 0 fully saturated rings. The van der Waals surface area contributed by atoms with E-state index in [2.05, 4.69) is 39.3 Å². The number of hydrogen-bond acceptors (Lipinski definition) is 0. The summed E-state index contributed by atoms with van der Waals surface area (Å²) in [6, 6.07) is 0. The van der Waals surface area contributed by atoms with Gasteiger partial charge in [-0.05, 0) is 0 Å². The Morgan fingerprint density at radius 3 is 0.824 bits per heavy atom. The third-order valence-corrected chi connectivity index (χ3v) is 120. The second-order valence-corrected chi connectivity index (χ2v) is 69.2. The molecule has 0 aromatic heterocycles. The lowest BCUT2D eigenvalue weighted by molar-refractivity contribution is 1.80. The fourth-order valence-electron chi connectivity index (χ4n) is 2.26. The van der Waals surface area contributed by atoms with Crippen molar-refractivity contribution in [3.8, 4) is 0 Å². The van der Waals surface area contributed by atoms with Crippen molar-refractivity contribution >= 4 is 98.8 Å². The van der Waals surface area contributed by atoms with Crippen LogP contribution in [0.25, 0.3) is 0 Å². The number of halogens is 6. The van der Waals surface area contributed by atoms with E-state index in [0.717, 1.165) is 0 Å². The molecule has 0 spiro atoms. The minimum Gasteiger partial charge on any atom is -0.174 e. The first kappa shape index (κ1) is 19.8. The summed E-state index contributed by atoms with van der Waals surface area (Å²) >= 11 is 39.0. The Kier molecular flexibility index (Phi) is 6.47. The smallest absolute Gasteiger partial charge is 0.174 e. The zero-order chi connectivity index (χ0) is 14.5. The van der Waals surface area contributed by atoms with Crippen molar-refractivity contribution in [2.24, 2.45) is 0 Å². The highest BCUT2D eigenvalue weighted by atomic mass is 35.9. The topological polar surface area (TPSA) is 0 Å². The van der Waals surface area contributed by atoms with Gasteiger partial charge in [0.1, 0.15) is 0 Å². The summed E-state index contributed by atoms with van der Waals surface area (Å²) in [7, 11) is -3.49. The Hall–Kier alpha value is 2.82. The largest absolute Gasteiger partial charge is 0.356 e. The van der Waals surface area contributed by atoms with Gasteiger partial charge in [0.05, 0.1) is 15.2 Å². The van der Waals surface area contributed by atoms with Gasteiger partial charge in [-0.15, -0.1) is 55.4 Å². The quantitative estimate of drug-likeness (QED) is 0.384. The van der Waals surface area contributed by atoms with Crippen LogP contribution < -0.4 is 0 Å². The van der Waals surface area contributed by atoms with E-state index in [-0.39, 0.29) is 0 Å². The summed E-state index contributed by atoms with van der Waals surface area (Å²) in [5.41, 5.74) is -6.18. The van der Waals surface area contributed by atoms with Gasteiger partial charge in [-0.1, -0.05) is 39.3 Å². The van der Waals surface area contributed by atoms with Crippen LogP contribution in [0.5, 0.6) is 0 Å². The average Bonchev–Trinajstić information content (AvgIpc) is 1.95. The summed E-state index contributed by atoms with van der Waals surface area (Å²) in [5.74, 6) is -2.43. The molecule has 0 N–H and O–H groups in total. The van der Waals surface area contributed by atoms with Gasteiger partial charge in [-0.3, -0.25) is 0 Å². The van der Waals surface area contributed by atoms with Gasteiger partial charge in [0.15, 0.2) is 5.94 Å². The lowest BCUT2D eigenvalue weighted by atomic mass is 11.8. The molecule has 0 unspecified atom stereocenters. The van der Waals surface area contributed by atoms with Gasteiger partial charge in [-0.2, -0.15) is 11.1 Å². The predicted molar refractivity (Wildman–Crippen MR) is 99.1 cm³/mol. The molecule has 0 radical (unpaired) electrons. The third kappa shape index (κ3) is 3.54. The minimum atomic E-state index is -3.15. The molecule has 0 aliphatic carbocycles. The highest BCUT2D eigenvalue weighted by molar-refractivity contribution is 8.28. The standard InChI is InChI=1S/C6H18Cl6Si5/c1-13(2,3)17(12,14(4,5)6)16(10,11)15(7,8)9/h1-6H3. The summed E-state index contributed by atoms with van der Waals surface area (Å²) in [6.45, 7) is 13.3. The van der Waals surface area contributed by atoms with Gasteiger partial charge in [-0.25, -0.2) is 0 Å². The molecule has 17 heavy (non-hydrogen) atoms. The zero-order valence-corrected chi connectivity index (χ0v) is 20.3. The molecule has 0 heterocycles. The van der Waals surface area contributed by atoms with Crippen molar-refractivity contribution in [1.29, 1.82) is 0 Å². The molecule has 11 heteroatoms. The molecule has 0 aliphatic rings. The van der Waals surface area contributed by atoms with Crippen LogP contribution in [0.3, 0.4) is 0 Å². The van der Waals surface area contributed by atoms with Crippen LogP contribution in [-0.2, 0) is 0 Å². The fourth-order valence-corrected chi connectivity index (χ4v) is 154. The number of hydrogen-bond donors (Lipinski definition) is 0. The van der Waals surface area contributed by atoms with Gasteiger partial charge < -0.3 is 0 Å². The minimum absolute atomic E-state index is 1.75. The molecule has 0 aromatic carbocycles. The molecule has 0 saturated heterocycles. The second-order valence-electron chi connectivity index (χ2n) is 6.23. The van der Waals surface area contributed by atoms with E-state index in [1.807, 2.05) is 0 Å². The second kappa shape index (κ2) is 5.55. The SMILES string of the molecule is C[Si](C)(C)[Si](Cl)([Si](C)(C)C)[Si](Cl)(Cl)[Si](Cl)(Cl)Cl. The first-order valence-corrected chi connectivity index (χ1v) is 28.2. The van der Waals surface area contributed by atoms with E-state index in [1.165, 1.54) is 0 Å². The maximum atomic E-state index is 7.11. The average molecular weight is 443 g/mol. The molecule has 0 bridgehead atoms. The highest BCUT2D eigenvalue weighted by Crippen LogP contribution is 2.51. The highest BCUT2D eigenvalue weighted by Gasteiger charge is 2.75. The van der Waals surface area contributed by atoms with Gasteiger partial charge in [0.25, 0.3) is 5.73 Å². The van der Waals surface area contributed by atoms with Crippen molar-refractivity contribution in [3.63, 3.8) is 0 Å². The van der Waals surface area contributed by atoms with Crippen molar-refractivity contribution in [1.82, 2.24) is 0 Å². The van der Waals surface area contributed by atoms with Gasteiger partial charge in [0.2, 0.25) is 0 Å². The summed E-state index contributed by atoms with van der Waals surface area (Å²) in [6.07, 6.45) is 0. The van der Waals surface area contributed by atoms with E-state index < -0.39 is 32.4 Å². The van der Waals surface area contributed by atoms with Crippen molar-refractivity contribution < 1.29 is 0 Å². The van der Waals surface area contributed by atoms with E-state index >= 15 is 0 Å². The Labute approximate surface area is 137 Å². The summed E-state index contributed by atoms with van der Waals surface area (Å²) in [5, 5.41) is 0. The van der Waals surface area contributed by atoms with Crippen LogP contribution in [0, 0.1) is 0 Å². The zero-order valence-electron chi connectivity index (χ0n) is 10.8. The normalized spacial score (nSPS) is 16.2. The van der Waals surface area contributed by atoms with Crippen molar-refractivity contribution in [3.05, 3.63) is 0 Å². The third-order valence-electron chi connectivity index (χ3n) is 2.86. The van der Waals surface area contributed by atoms with Gasteiger partial charge >= 0.3 is 5.52 Å². The molecular weight excluding hydrogens is 425 g/mol. The van der Waals surface area contributed by atoms with Crippen LogP contribution >= 0.6 is 66.5 Å². The van der Waals surface area contributed by atoms with Crippen LogP contribution in [0.15, 0.2) is 0 Å². The predicted octanol–water partition coefficient (Wildman–Crippen LogP) is 5.74. The monoisotopic (exact) mass is 440 g/mol. The Balaban J connectivity index is 6.04. The lowest BCUT2D eigenvalue weighted by Crippen LogP contribution is -2.83. The first-order valence-electron chi connectivity index (χ1n) is 5.13. The summed E-state index contributed by atoms with van der Waals surface area (Å²) in [4.78, 5) is 0. The van der Waals surface area contributed by atoms with Crippen LogP contribution in [0.1, 0.15) is 0 Å². The lowest BCUT2D eigenvalue weighted by Gasteiger charge is -2.51. The number of rotatable bonds is 4. The maximum Gasteiger partial charge on any atom is 0.356 e. The maximum absolute atomic E-state index is 7.11. The van der Waals surface area contributed by atoms with Crippen molar-refractivity contribution in [2.45, 2.75) is 39.3 Å². The molecule has 0 nitrogen and oxygen atoms in total. The van der Waals surface area contributed by atoms with E-state index in [9.17, 15) is 0 Å². The van der Waals surface area contributed by atoms with Crippen LogP contribution in [-0.4, -0.2) is 32.4 Å². The molecule has 0 saturated carbocycles. The fraction of sp³-hybridized carbons (Fsp3) is 1.00. The first-order chi connectivity index (χ1) is 7.00. The Morgan fingerprint density at radius 2 is 0.765 bits per heavy atom. The molecule has 0 aliphatic heterocycles. The van der Waals surface area contributed by atoms with Gasteiger partial charge in [0, 0.05) is 0 Å². The molecule has 0 rings (SSSR count). The van der Waals surface area contributed by atoms with Crippen molar-refractivity contribution in [2.75, 3.05) is 0 Å². The molecule has 104 valence electrons. The Bertz CT molecular complexity index is 273. The summed E-state index contributed by atoms with van der Waals surface area (Å²) < 4.78 is 0. The van der Waals surface area contributed by atoms with Crippen LogP contribution in [0.4, 0.5) is 0 Å². The molecule has 0 aromatic rings. The van der Waals surface area contributed by atoms with Crippen LogP contribution in [0.2, 0.25) is 39.3 Å². The molecule has 0 atom stereocenters.